The van der Waals surface area contributed by atoms with Crippen LogP contribution < -0.4 is 11.0 Å². The number of anilines is 1. The highest BCUT2D eigenvalue weighted by atomic mass is 16.5. The third-order valence-electron chi connectivity index (χ3n) is 2.45. The average Bonchev–Trinajstić information content (AvgIpc) is 2.81. The first-order valence-electron chi connectivity index (χ1n) is 5.23. The maximum Gasteiger partial charge on any atom is 0.280 e. The van der Waals surface area contributed by atoms with Crippen molar-refractivity contribution in [1.29, 1.82) is 0 Å². The number of nitrogens with one attached hydrogen (secondary N) is 2. The minimum atomic E-state index is -1.50. The highest BCUT2D eigenvalue weighted by Crippen LogP contribution is 2.08. The Balaban J connectivity index is 2.42. The predicted octanol–water partition coefficient (Wildman–Crippen LogP) is -2.16. The highest BCUT2D eigenvalue weighted by Gasteiger charge is 2.17. The monoisotopic (exact) mass is 269 g/mol. The van der Waals surface area contributed by atoms with Gasteiger partial charge in [-0.25, -0.2) is 10.5 Å². The maximum atomic E-state index is 11.6. The van der Waals surface area contributed by atoms with Crippen molar-refractivity contribution in [3.05, 3.63) is 16.7 Å². The van der Waals surface area contributed by atoms with Crippen molar-refractivity contribution in [3.63, 3.8) is 0 Å². The van der Waals surface area contributed by atoms with E-state index in [1.54, 1.807) is 5.48 Å². The minimum absolute atomic E-state index is 0.00899. The molecule has 10 heteroatoms. The number of carbonyl (C=O) groups is 1. The van der Waals surface area contributed by atoms with Crippen LogP contribution in [0.1, 0.15) is 0 Å². The fraction of sp³-hybridized carbons (Fsp3) is 0.333. The van der Waals surface area contributed by atoms with Crippen molar-refractivity contribution in [2.75, 3.05) is 12.1 Å². The molecule has 0 aliphatic carbocycles. The van der Waals surface area contributed by atoms with Gasteiger partial charge in [-0.1, -0.05) is 0 Å². The Morgan fingerprint density at radius 3 is 2.95 bits per heavy atom. The number of aliphatic hydroxyl groups excluding tert-OH is 2. The van der Waals surface area contributed by atoms with Gasteiger partial charge in [-0.2, -0.15) is 4.98 Å². The van der Waals surface area contributed by atoms with Gasteiger partial charge >= 0.3 is 0 Å². The first kappa shape index (κ1) is 13.1. The third-order valence-corrected chi connectivity index (χ3v) is 2.45. The average molecular weight is 269 g/mol. The van der Waals surface area contributed by atoms with Crippen molar-refractivity contribution in [2.45, 2.75) is 12.6 Å². The second-order valence-corrected chi connectivity index (χ2v) is 3.74. The second-order valence-electron chi connectivity index (χ2n) is 3.74. The molecule has 0 aliphatic heterocycles. The zero-order valence-corrected chi connectivity index (χ0v) is 9.57. The summed E-state index contributed by atoms with van der Waals surface area (Å²) in [5, 5.41) is 26.5. The molecule has 0 fully saturated rings. The lowest BCUT2D eigenvalue weighted by molar-refractivity contribution is -0.129. The summed E-state index contributed by atoms with van der Waals surface area (Å²) in [6.07, 6.45) is -0.300. The number of ketones is 1. The number of aromatic amines is 1. The molecular formula is C9H11N5O5. The number of hydrogen-bond donors (Lipinski definition) is 5. The molecule has 0 spiro atoms. The van der Waals surface area contributed by atoms with Crippen molar-refractivity contribution in [1.82, 2.24) is 19.5 Å². The molecule has 2 rings (SSSR count). The first-order valence-corrected chi connectivity index (χ1v) is 5.23. The van der Waals surface area contributed by atoms with Crippen molar-refractivity contribution in [3.8, 4) is 0 Å². The highest BCUT2D eigenvalue weighted by molar-refractivity contribution is 5.84. The quantitative estimate of drug-likeness (QED) is 0.385. The predicted molar refractivity (Wildman–Crippen MR) is 61.7 cm³/mol. The maximum absolute atomic E-state index is 11.6. The van der Waals surface area contributed by atoms with E-state index in [0.29, 0.717) is 0 Å². The zero-order chi connectivity index (χ0) is 14.0. The lowest BCUT2D eigenvalue weighted by Gasteiger charge is -2.07. The van der Waals surface area contributed by atoms with Gasteiger partial charge in [0, 0.05) is 0 Å². The molecule has 19 heavy (non-hydrogen) atoms. The molecule has 102 valence electrons. The van der Waals surface area contributed by atoms with Crippen LogP contribution in [0.3, 0.4) is 0 Å². The molecule has 2 heterocycles. The van der Waals surface area contributed by atoms with Crippen LogP contribution in [0.25, 0.3) is 11.2 Å². The Morgan fingerprint density at radius 1 is 1.58 bits per heavy atom. The van der Waals surface area contributed by atoms with Gasteiger partial charge in [0.05, 0.1) is 19.5 Å². The summed E-state index contributed by atoms with van der Waals surface area (Å²) < 4.78 is 1.23. The molecule has 2 aromatic heterocycles. The van der Waals surface area contributed by atoms with Gasteiger partial charge in [0.15, 0.2) is 16.9 Å². The van der Waals surface area contributed by atoms with E-state index >= 15 is 0 Å². The van der Waals surface area contributed by atoms with Gasteiger partial charge in [-0.05, 0) is 0 Å². The summed E-state index contributed by atoms with van der Waals surface area (Å²) in [7, 11) is 0. The fourth-order valence-corrected chi connectivity index (χ4v) is 1.50. The van der Waals surface area contributed by atoms with Gasteiger partial charge < -0.3 is 14.8 Å². The molecule has 0 aromatic carbocycles. The standard InChI is InChI=1S/C9H11N5O5/c15-2-5(17)4(16)1-14-3-10-6-7(14)11-9(13-19)12-8(6)18/h3,5,15,17,19H,1-2H2,(H2,11,12,13,18). The molecule has 1 atom stereocenters. The molecule has 5 N–H and O–H groups in total. The van der Waals surface area contributed by atoms with Gasteiger partial charge in [0.1, 0.15) is 6.10 Å². The molecule has 0 saturated heterocycles. The Morgan fingerprint density at radius 2 is 2.32 bits per heavy atom. The van der Waals surface area contributed by atoms with Crippen molar-refractivity contribution < 1.29 is 20.2 Å². The summed E-state index contributed by atoms with van der Waals surface area (Å²) in [6, 6.07) is 0. The van der Waals surface area contributed by atoms with Crippen LogP contribution in [-0.4, -0.2) is 53.4 Å². The number of Topliss-reactive ketones (excluding diaryl/α,β-unsaturated/α-hetero) is 1. The molecule has 0 amide bonds. The van der Waals surface area contributed by atoms with E-state index in [-0.39, 0.29) is 23.7 Å². The van der Waals surface area contributed by atoms with E-state index in [1.807, 2.05) is 0 Å². The van der Waals surface area contributed by atoms with Gasteiger partial charge in [-0.3, -0.25) is 19.8 Å². The molecule has 10 nitrogen and oxygen atoms in total. The van der Waals surface area contributed by atoms with Crippen LogP contribution in [0.15, 0.2) is 11.1 Å². The van der Waals surface area contributed by atoms with Gasteiger partial charge in [0.25, 0.3) is 5.56 Å². The van der Waals surface area contributed by atoms with Crippen LogP contribution in [0, 0.1) is 0 Å². The Hall–Kier alpha value is -2.30. The Kier molecular flexibility index (Phi) is 3.55. The van der Waals surface area contributed by atoms with Crippen LogP contribution in [0.2, 0.25) is 0 Å². The van der Waals surface area contributed by atoms with Crippen molar-refractivity contribution >= 4 is 22.9 Å². The topological polar surface area (TPSA) is 153 Å². The number of H-pyrrole nitrogens is 1. The lowest BCUT2D eigenvalue weighted by atomic mass is 10.2. The number of aromatic nitrogens is 4. The number of carbonyl (C=O) groups excluding carboxylic acids is 1. The van der Waals surface area contributed by atoms with E-state index < -0.39 is 24.1 Å². The van der Waals surface area contributed by atoms with Crippen LogP contribution >= 0.6 is 0 Å². The van der Waals surface area contributed by atoms with Crippen LogP contribution in [-0.2, 0) is 11.3 Å². The summed E-state index contributed by atoms with van der Waals surface area (Å²) in [6.45, 7) is -0.998. The fourth-order valence-electron chi connectivity index (χ4n) is 1.50. The number of imidazole rings is 1. The van der Waals surface area contributed by atoms with Crippen LogP contribution in [0.4, 0.5) is 5.95 Å². The summed E-state index contributed by atoms with van der Waals surface area (Å²) in [5.41, 5.74) is 1.15. The number of rotatable bonds is 5. The molecular weight excluding hydrogens is 258 g/mol. The number of fused-ring (bicyclic) bond motifs is 1. The lowest BCUT2D eigenvalue weighted by Crippen LogP contribution is -2.28. The van der Waals surface area contributed by atoms with Crippen LogP contribution in [0.5, 0.6) is 0 Å². The smallest absolute Gasteiger partial charge is 0.280 e. The molecule has 1 unspecified atom stereocenters. The van der Waals surface area contributed by atoms with E-state index in [2.05, 4.69) is 15.0 Å². The first-order chi connectivity index (χ1) is 9.06. The largest absolute Gasteiger partial charge is 0.393 e. The summed E-state index contributed by atoms with van der Waals surface area (Å²) >= 11 is 0. The molecule has 0 radical (unpaired) electrons. The van der Waals surface area contributed by atoms with E-state index in [1.165, 1.54) is 10.9 Å². The second kappa shape index (κ2) is 5.14. The zero-order valence-electron chi connectivity index (χ0n) is 9.57. The Labute approximate surface area is 105 Å². The van der Waals surface area contributed by atoms with Crippen molar-refractivity contribution in [2.24, 2.45) is 0 Å². The van der Waals surface area contributed by atoms with Gasteiger partial charge in [0.2, 0.25) is 5.95 Å². The molecule has 0 bridgehead atoms. The van der Waals surface area contributed by atoms with Gasteiger partial charge in [-0.15, -0.1) is 0 Å². The third kappa shape index (κ3) is 2.45. The SMILES string of the molecule is O=C(Cn1cnc2c(=O)[nH]c(NO)nc21)C(O)CO. The normalized spacial score (nSPS) is 12.6. The summed E-state index contributed by atoms with van der Waals surface area (Å²) in [5.74, 6) is -0.850. The molecule has 0 saturated carbocycles. The number of nitrogens with zero attached hydrogens (tertiary/aromatic N) is 3. The molecule has 2 aromatic rings. The summed E-state index contributed by atoms with van der Waals surface area (Å²) in [4.78, 5) is 32.9. The minimum Gasteiger partial charge on any atom is -0.393 e. The molecule has 0 aliphatic rings. The number of aliphatic hydroxyl groups is 2. The van der Waals surface area contributed by atoms with E-state index in [9.17, 15) is 14.7 Å². The van der Waals surface area contributed by atoms with E-state index in [4.69, 9.17) is 10.3 Å². The number of hydrogen-bond acceptors (Lipinski definition) is 8. The van der Waals surface area contributed by atoms with E-state index in [0.717, 1.165) is 0 Å². The Bertz CT molecular complexity index is 663.